The number of hydrogen-bond donors (Lipinski definition) is 1. The second kappa shape index (κ2) is 13.7. The third-order valence-corrected chi connectivity index (χ3v) is 7.27. The highest BCUT2D eigenvalue weighted by molar-refractivity contribution is 7.92. The van der Waals surface area contributed by atoms with Gasteiger partial charge in [0.05, 0.1) is 19.1 Å². The molecule has 0 heterocycles. The molecule has 0 aliphatic heterocycles. The molecule has 0 bridgehead atoms. The van der Waals surface area contributed by atoms with Gasteiger partial charge in [0.15, 0.2) is 0 Å². The lowest BCUT2D eigenvalue weighted by Crippen LogP contribution is -2.53. The maximum atomic E-state index is 13.9. The number of rotatable bonds is 13. The lowest BCUT2D eigenvalue weighted by molar-refractivity contribution is -0.140. The van der Waals surface area contributed by atoms with Crippen molar-refractivity contribution in [2.45, 2.75) is 32.4 Å². The van der Waals surface area contributed by atoms with E-state index in [1.807, 2.05) is 37.3 Å². The number of carbonyl (C=O) groups excluding carboxylic acids is 2. The van der Waals surface area contributed by atoms with Crippen molar-refractivity contribution in [2.75, 3.05) is 30.8 Å². The first-order chi connectivity index (χ1) is 18.6. The minimum atomic E-state index is -3.87. The van der Waals surface area contributed by atoms with E-state index in [4.69, 9.17) is 4.74 Å². The van der Waals surface area contributed by atoms with Crippen LogP contribution in [0.15, 0.2) is 78.9 Å². The average Bonchev–Trinajstić information content (AvgIpc) is 2.93. The van der Waals surface area contributed by atoms with Crippen LogP contribution in [0.5, 0.6) is 5.75 Å². The Morgan fingerprint density at radius 2 is 1.59 bits per heavy atom. The van der Waals surface area contributed by atoms with Crippen molar-refractivity contribution < 1.29 is 27.1 Å². The summed E-state index contributed by atoms with van der Waals surface area (Å²) in [6.07, 6.45) is 1.93. The summed E-state index contributed by atoms with van der Waals surface area (Å²) in [5.74, 6) is -0.826. The Kier molecular flexibility index (Phi) is 10.4. The molecule has 0 radical (unpaired) electrons. The van der Waals surface area contributed by atoms with E-state index in [2.05, 4.69) is 5.32 Å². The van der Waals surface area contributed by atoms with Crippen LogP contribution in [0.1, 0.15) is 24.5 Å². The third kappa shape index (κ3) is 8.54. The van der Waals surface area contributed by atoms with Crippen LogP contribution < -0.4 is 14.4 Å². The summed E-state index contributed by atoms with van der Waals surface area (Å²) < 4.78 is 45.3. The van der Waals surface area contributed by atoms with Crippen molar-refractivity contribution in [2.24, 2.45) is 0 Å². The fourth-order valence-corrected chi connectivity index (χ4v) is 4.92. The molecule has 0 spiro atoms. The van der Waals surface area contributed by atoms with Gasteiger partial charge in [0.25, 0.3) is 0 Å². The number of ether oxygens (including phenoxy) is 1. The van der Waals surface area contributed by atoms with Gasteiger partial charge in [0.1, 0.15) is 24.2 Å². The van der Waals surface area contributed by atoms with Crippen LogP contribution in [-0.2, 0) is 32.6 Å². The lowest BCUT2D eigenvalue weighted by Gasteiger charge is -2.33. The molecule has 0 unspecified atom stereocenters. The maximum Gasteiger partial charge on any atom is 0.244 e. The molecule has 2 amide bonds. The number of carbonyl (C=O) groups is 2. The number of halogens is 1. The van der Waals surface area contributed by atoms with E-state index >= 15 is 0 Å². The second-order valence-corrected chi connectivity index (χ2v) is 11.0. The zero-order valence-corrected chi connectivity index (χ0v) is 23.2. The molecule has 0 aliphatic rings. The standard InChI is InChI=1S/C29H34FN3O5S/c1-4-18-31-29(35)27(19-22-8-6-5-7-9-22)32(20-23-10-12-24(30)13-11-23)28(34)21-33(39(3,36)37)25-14-16-26(38-2)17-15-25/h5-17,27H,4,18-21H2,1-3H3,(H,31,35)/t27-/m1/s1. The molecule has 208 valence electrons. The topological polar surface area (TPSA) is 96.0 Å². The molecule has 3 aromatic carbocycles. The normalized spacial score (nSPS) is 11.9. The largest absolute Gasteiger partial charge is 0.497 e. The summed E-state index contributed by atoms with van der Waals surface area (Å²) in [4.78, 5) is 28.7. The van der Waals surface area contributed by atoms with Gasteiger partial charge in [-0.1, -0.05) is 49.4 Å². The minimum absolute atomic E-state index is 0.0175. The number of sulfonamides is 1. The van der Waals surface area contributed by atoms with E-state index < -0.39 is 34.3 Å². The number of methoxy groups -OCH3 is 1. The summed E-state index contributed by atoms with van der Waals surface area (Å²) in [6.45, 7) is 1.80. The van der Waals surface area contributed by atoms with Gasteiger partial charge in [-0.05, 0) is 53.9 Å². The van der Waals surface area contributed by atoms with Crippen LogP contribution in [0.4, 0.5) is 10.1 Å². The van der Waals surface area contributed by atoms with E-state index in [-0.39, 0.29) is 24.6 Å². The Morgan fingerprint density at radius 1 is 0.949 bits per heavy atom. The number of benzene rings is 3. The molecule has 10 heteroatoms. The van der Waals surface area contributed by atoms with Crippen molar-refractivity contribution in [3.63, 3.8) is 0 Å². The Balaban J connectivity index is 2.02. The fraction of sp³-hybridized carbons (Fsp3) is 0.310. The molecule has 1 N–H and O–H groups in total. The molecule has 8 nitrogen and oxygen atoms in total. The number of amides is 2. The Bertz CT molecular complexity index is 1330. The zero-order chi connectivity index (χ0) is 28.4. The summed E-state index contributed by atoms with van der Waals surface area (Å²) in [7, 11) is -2.37. The lowest BCUT2D eigenvalue weighted by atomic mass is 10.0. The molecule has 0 saturated heterocycles. The molecule has 1 atom stereocenters. The predicted molar refractivity (Wildman–Crippen MR) is 149 cm³/mol. The van der Waals surface area contributed by atoms with Crippen LogP contribution in [-0.4, -0.2) is 57.6 Å². The summed E-state index contributed by atoms with van der Waals surface area (Å²) in [5.41, 5.74) is 1.71. The number of nitrogens with one attached hydrogen (secondary N) is 1. The van der Waals surface area contributed by atoms with Crippen LogP contribution >= 0.6 is 0 Å². The Morgan fingerprint density at radius 3 is 2.15 bits per heavy atom. The summed E-state index contributed by atoms with van der Waals surface area (Å²) in [5, 5.41) is 2.87. The van der Waals surface area contributed by atoms with Gasteiger partial charge in [-0.25, -0.2) is 12.8 Å². The van der Waals surface area contributed by atoms with Crippen molar-refractivity contribution in [3.8, 4) is 5.75 Å². The molecule has 0 aromatic heterocycles. The zero-order valence-electron chi connectivity index (χ0n) is 22.3. The van der Waals surface area contributed by atoms with Crippen LogP contribution in [0, 0.1) is 5.82 Å². The smallest absolute Gasteiger partial charge is 0.244 e. The maximum absolute atomic E-state index is 13.9. The highest BCUT2D eigenvalue weighted by atomic mass is 32.2. The Labute approximate surface area is 229 Å². The Hall–Kier alpha value is -3.92. The van der Waals surface area contributed by atoms with Gasteiger partial charge in [0, 0.05) is 19.5 Å². The highest BCUT2D eigenvalue weighted by Gasteiger charge is 2.33. The molecule has 3 aromatic rings. The molecule has 0 saturated carbocycles. The molecule has 3 rings (SSSR count). The average molecular weight is 556 g/mol. The van der Waals surface area contributed by atoms with Gasteiger partial charge in [-0.3, -0.25) is 13.9 Å². The molecule has 0 aliphatic carbocycles. The predicted octanol–water partition coefficient (Wildman–Crippen LogP) is 3.77. The van der Waals surface area contributed by atoms with Crippen molar-refractivity contribution >= 4 is 27.5 Å². The second-order valence-electron chi connectivity index (χ2n) is 9.11. The van der Waals surface area contributed by atoms with E-state index in [9.17, 15) is 22.4 Å². The van der Waals surface area contributed by atoms with Gasteiger partial charge >= 0.3 is 0 Å². The van der Waals surface area contributed by atoms with Gasteiger partial charge in [0.2, 0.25) is 21.8 Å². The molecular formula is C29H34FN3O5S. The van der Waals surface area contributed by atoms with Crippen LogP contribution in [0.25, 0.3) is 0 Å². The number of anilines is 1. The molecule has 0 fully saturated rings. The monoisotopic (exact) mass is 555 g/mol. The molecule has 39 heavy (non-hydrogen) atoms. The highest BCUT2D eigenvalue weighted by Crippen LogP contribution is 2.23. The van der Waals surface area contributed by atoms with E-state index in [0.717, 1.165) is 16.1 Å². The number of hydrogen-bond acceptors (Lipinski definition) is 5. The van der Waals surface area contributed by atoms with Crippen molar-refractivity contribution in [1.29, 1.82) is 0 Å². The third-order valence-electron chi connectivity index (χ3n) is 6.13. The first-order valence-corrected chi connectivity index (χ1v) is 14.4. The van der Waals surface area contributed by atoms with E-state index in [0.29, 0.717) is 24.3 Å². The van der Waals surface area contributed by atoms with Crippen molar-refractivity contribution in [1.82, 2.24) is 10.2 Å². The summed E-state index contributed by atoms with van der Waals surface area (Å²) in [6, 6.07) is 20.3. The summed E-state index contributed by atoms with van der Waals surface area (Å²) >= 11 is 0. The minimum Gasteiger partial charge on any atom is -0.497 e. The van der Waals surface area contributed by atoms with E-state index in [1.165, 1.54) is 36.3 Å². The van der Waals surface area contributed by atoms with Crippen LogP contribution in [0.2, 0.25) is 0 Å². The van der Waals surface area contributed by atoms with Gasteiger partial charge < -0.3 is 15.0 Å². The number of nitrogens with zero attached hydrogens (tertiary/aromatic N) is 2. The quantitative estimate of drug-likeness (QED) is 0.347. The van der Waals surface area contributed by atoms with Crippen molar-refractivity contribution in [3.05, 3.63) is 95.8 Å². The van der Waals surface area contributed by atoms with Gasteiger partial charge in [-0.2, -0.15) is 0 Å². The fourth-order valence-electron chi connectivity index (χ4n) is 4.07. The van der Waals surface area contributed by atoms with Crippen LogP contribution in [0.3, 0.4) is 0 Å². The first kappa shape index (κ1) is 29.6. The van der Waals surface area contributed by atoms with Gasteiger partial charge in [-0.15, -0.1) is 0 Å². The SMILES string of the molecule is CCCNC(=O)[C@@H](Cc1ccccc1)N(Cc1ccc(F)cc1)C(=O)CN(c1ccc(OC)cc1)S(C)(=O)=O. The van der Waals surface area contributed by atoms with E-state index in [1.54, 1.807) is 24.3 Å². The molecular weight excluding hydrogens is 521 g/mol. The first-order valence-electron chi connectivity index (χ1n) is 12.6.